The molecule has 1 fully saturated rings. The number of rotatable bonds is 3. The van der Waals surface area contributed by atoms with Gasteiger partial charge in [-0.2, -0.15) is 0 Å². The Bertz CT molecular complexity index is 267. The highest BCUT2D eigenvalue weighted by Crippen LogP contribution is 2.24. The maximum atomic E-state index is 11.7. The Labute approximate surface area is 89.2 Å². The Morgan fingerprint density at radius 1 is 1.53 bits per heavy atom. The number of amides is 1. The number of hydrogen-bond acceptors (Lipinski definition) is 3. The summed E-state index contributed by atoms with van der Waals surface area (Å²) in [7, 11) is 0. The summed E-state index contributed by atoms with van der Waals surface area (Å²) in [5, 5.41) is 8.92. The molecule has 0 radical (unpaired) electrons. The number of carboxylic acid groups (broad SMARTS) is 1. The van der Waals surface area contributed by atoms with E-state index in [2.05, 4.69) is 0 Å². The fraction of sp³-hybridized carbons (Fsp3) is 0.800. The van der Waals surface area contributed by atoms with Crippen LogP contribution in [0.15, 0.2) is 0 Å². The molecule has 1 amide bonds. The van der Waals surface area contributed by atoms with Gasteiger partial charge in [0.25, 0.3) is 0 Å². The number of nitrogens with two attached hydrogens (primary N) is 1. The summed E-state index contributed by atoms with van der Waals surface area (Å²) in [6.07, 6.45) is 0. The molecule has 1 unspecified atom stereocenters. The smallest absolute Gasteiger partial charge is 0.308 e. The van der Waals surface area contributed by atoms with Crippen LogP contribution in [0.4, 0.5) is 0 Å². The van der Waals surface area contributed by atoms with Crippen molar-refractivity contribution in [2.75, 3.05) is 19.6 Å². The largest absolute Gasteiger partial charge is 0.481 e. The number of carbonyl (C=O) groups excluding carboxylic acids is 1. The zero-order chi connectivity index (χ0) is 11.6. The second-order valence-corrected chi connectivity index (χ2v) is 4.30. The van der Waals surface area contributed by atoms with Crippen LogP contribution in [-0.4, -0.2) is 41.5 Å². The lowest BCUT2D eigenvalue weighted by molar-refractivity contribution is -0.142. The fourth-order valence-electron chi connectivity index (χ4n) is 1.88. The number of hydrogen-bond donors (Lipinski definition) is 2. The first kappa shape index (κ1) is 12.0. The molecule has 1 rings (SSSR count). The van der Waals surface area contributed by atoms with Crippen LogP contribution in [0.1, 0.15) is 13.8 Å². The van der Waals surface area contributed by atoms with Crippen molar-refractivity contribution in [3.05, 3.63) is 0 Å². The summed E-state index contributed by atoms with van der Waals surface area (Å²) in [4.78, 5) is 24.2. The van der Waals surface area contributed by atoms with E-state index in [1.54, 1.807) is 11.8 Å². The lowest BCUT2D eigenvalue weighted by atomic mass is 9.99. The minimum atomic E-state index is -0.821. The second-order valence-electron chi connectivity index (χ2n) is 4.30. The number of nitrogens with zero attached hydrogens (tertiary/aromatic N) is 1. The maximum absolute atomic E-state index is 11.7. The van der Waals surface area contributed by atoms with Gasteiger partial charge in [-0.25, -0.2) is 0 Å². The van der Waals surface area contributed by atoms with E-state index in [1.165, 1.54) is 0 Å². The SMILES string of the molecule is CC(CN)C(=O)N1C[C@@H](C)[C@H](C(=O)O)C1. The Balaban J connectivity index is 2.62. The molecule has 0 aliphatic carbocycles. The lowest BCUT2D eigenvalue weighted by Gasteiger charge is -2.19. The van der Waals surface area contributed by atoms with E-state index in [-0.39, 0.29) is 17.7 Å². The number of likely N-dealkylation sites (tertiary alicyclic amines) is 1. The molecule has 0 saturated carbocycles. The van der Waals surface area contributed by atoms with Gasteiger partial charge in [0.05, 0.1) is 5.92 Å². The number of carboxylic acids is 1. The normalized spacial score (nSPS) is 27.8. The molecular weight excluding hydrogens is 196 g/mol. The van der Waals surface area contributed by atoms with E-state index in [0.717, 1.165) is 0 Å². The van der Waals surface area contributed by atoms with Gasteiger partial charge >= 0.3 is 5.97 Å². The average molecular weight is 214 g/mol. The van der Waals surface area contributed by atoms with Crippen molar-refractivity contribution in [1.82, 2.24) is 4.90 Å². The van der Waals surface area contributed by atoms with Crippen molar-refractivity contribution in [1.29, 1.82) is 0 Å². The monoisotopic (exact) mass is 214 g/mol. The highest BCUT2D eigenvalue weighted by molar-refractivity contribution is 5.80. The van der Waals surface area contributed by atoms with Crippen LogP contribution < -0.4 is 5.73 Å². The molecule has 1 aliphatic heterocycles. The lowest BCUT2D eigenvalue weighted by Crippen LogP contribution is -2.37. The summed E-state index contributed by atoms with van der Waals surface area (Å²) in [5.41, 5.74) is 5.41. The van der Waals surface area contributed by atoms with Crippen LogP contribution in [0.2, 0.25) is 0 Å². The molecule has 5 nitrogen and oxygen atoms in total. The van der Waals surface area contributed by atoms with E-state index in [4.69, 9.17) is 10.8 Å². The summed E-state index contributed by atoms with van der Waals surface area (Å²) >= 11 is 0. The van der Waals surface area contributed by atoms with Crippen LogP contribution in [0.3, 0.4) is 0 Å². The quantitative estimate of drug-likeness (QED) is 0.679. The molecule has 1 saturated heterocycles. The average Bonchev–Trinajstić information content (AvgIpc) is 2.58. The van der Waals surface area contributed by atoms with E-state index in [1.807, 2.05) is 6.92 Å². The van der Waals surface area contributed by atoms with Gasteiger partial charge in [0.2, 0.25) is 5.91 Å². The molecule has 86 valence electrons. The van der Waals surface area contributed by atoms with Crippen molar-refractivity contribution < 1.29 is 14.7 Å². The van der Waals surface area contributed by atoms with Crippen molar-refractivity contribution in [3.8, 4) is 0 Å². The van der Waals surface area contributed by atoms with E-state index in [9.17, 15) is 9.59 Å². The van der Waals surface area contributed by atoms with Gasteiger partial charge in [-0.1, -0.05) is 13.8 Å². The number of carbonyl (C=O) groups is 2. The van der Waals surface area contributed by atoms with Crippen molar-refractivity contribution >= 4 is 11.9 Å². The minimum absolute atomic E-state index is 0.0245. The van der Waals surface area contributed by atoms with Crippen molar-refractivity contribution in [2.24, 2.45) is 23.5 Å². The summed E-state index contributed by atoms with van der Waals surface area (Å²) in [6, 6.07) is 0. The minimum Gasteiger partial charge on any atom is -0.481 e. The third-order valence-electron chi connectivity index (χ3n) is 3.02. The summed E-state index contributed by atoms with van der Waals surface area (Å²) < 4.78 is 0. The van der Waals surface area contributed by atoms with Gasteiger partial charge in [-0.05, 0) is 5.92 Å². The third kappa shape index (κ3) is 2.47. The topological polar surface area (TPSA) is 83.6 Å². The maximum Gasteiger partial charge on any atom is 0.308 e. The zero-order valence-electron chi connectivity index (χ0n) is 9.14. The van der Waals surface area contributed by atoms with Gasteiger partial charge in [-0.3, -0.25) is 9.59 Å². The standard InChI is InChI=1S/C10H18N2O3/c1-6(3-11)9(13)12-4-7(2)8(5-12)10(14)15/h6-8H,3-5,11H2,1-2H3,(H,14,15)/t6?,7-,8-/m1/s1. The summed E-state index contributed by atoms with van der Waals surface area (Å²) in [6.45, 7) is 4.78. The van der Waals surface area contributed by atoms with Crippen molar-refractivity contribution in [2.45, 2.75) is 13.8 Å². The molecular formula is C10H18N2O3. The highest BCUT2D eigenvalue weighted by atomic mass is 16.4. The molecule has 3 atom stereocenters. The van der Waals surface area contributed by atoms with Crippen LogP contribution >= 0.6 is 0 Å². The predicted molar refractivity (Wildman–Crippen MR) is 55.1 cm³/mol. The van der Waals surface area contributed by atoms with Crippen LogP contribution in [-0.2, 0) is 9.59 Å². The van der Waals surface area contributed by atoms with Crippen LogP contribution in [0.25, 0.3) is 0 Å². The van der Waals surface area contributed by atoms with E-state index < -0.39 is 11.9 Å². The Kier molecular flexibility index (Phi) is 3.68. The van der Waals surface area contributed by atoms with Gasteiger partial charge in [0.1, 0.15) is 0 Å². The zero-order valence-corrected chi connectivity index (χ0v) is 9.14. The van der Waals surface area contributed by atoms with E-state index in [0.29, 0.717) is 19.6 Å². The first-order valence-electron chi connectivity index (χ1n) is 5.19. The molecule has 0 spiro atoms. The molecule has 0 aromatic heterocycles. The van der Waals surface area contributed by atoms with Gasteiger partial charge in [-0.15, -0.1) is 0 Å². The predicted octanol–water partition coefficient (Wildman–Crippen LogP) is -0.240. The molecule has 5 heteroatoms. The Morgan fingerprint density at radius 3 is 2.53 bits per heavy atom. The van der Waals surface area contributed by atoms with Crippen LogP contribution in [0, 0.1) is 17.8 Å². The van der Waals surface area contributed by atoms with E-state index >= 15 is 0 Å². The molecule has 1 heterocycles. The molecule has 0 aromatic rings. The first-order chi connectivity index (χ1) is 6.97. The molecule has 1 aliphatic rings. The molecule has 3 N–H and O–H groups in total. The molecule has 0 aromatic carbocycles. The highest BCUT2D eigenvalue weighted by Gasteiger charge is 2.37. The van der Waals surface area contributed by atoms with Crippen molar-refractivity contribution in [3.63, 3.8) is 0 Å². The van der Waals surface area contributed by atoms with Gasteiger partial charge in [0.15, 0.2) is 0 Å². The molecule has 15 heavy (non-hydrogen) atoms. The van der Waals surface area contributed by atoms with Gasteiger partial charge in [0, 0.05) is 25.6 Å². The van der Waals surface area contributed by atoms with Gasteiger partial charge < -0.3 is 15.7 Å². The second kappa shape index (κ2) is 4.61. The Morgan fingerprint density at radius 2 is 2.13 bits per heavy atom. The van der Waals surface area contributed by atoms with Crippen LogP contribution in [0.5, 0.6) is 0 Å². The summed E-state index contributed by atoms with van der Waals surface area (Å²) in [5.74, 6) is -1.48. The molecule has 0 bridgehead atoms. The Hall–Kier alpha value is -1.10. The fourth-order valence-corrected chi connectivity index (χ4v) is 1.88. The third-order valence-corrected chi connectivity index (χ3v) is 3.02. The number of aliphatic carboxylic acids is 1. The first-order valence-corrected chi connectivity index (χ1v) is 5.19.